The van der Waals surface area contributed by atoms with Gasteiger partial charge in [0.25, 0.3) is 0 Å². The Morgan fingerprint density at radius 2 is 1.78 bits per heavy atom. The molecule has 2 aliphatic heterocycles. The summed E-state index contributed by atoms with van der Waals surface area (Å²) in [5.41, 5.74) is 1.84. The van der Waals surface area contributed by atoms with E-state index in [0.717, 1.165) is 36.9 Å². The van der Waals surface area contributed by atoms with Gasteiger partial charge in [-0.3, -0.25) is 4.79 Å². The largest absolute Gasteiger partial charge is 0.339 e. The van der Waals surface area contributed by atoms with E-state index in [-0.39, 0.29) is 11.8 Å². The van der Waals surface area contributed by atoms with Crippen molar-refractivity contribution in [3.8, 4) is 0 Å². The summed E-state index contributed by atoms with van der Waals surface area (Å²) < 4.78 is 27.6. The summed E-state index contributed by atoms with van der Waals surface area (Å²) in [7, 11) is -3.49. The summed E-state index contributed by atoms with van der Waals surface area (Å²) in [6.45, 7) is 7.67. The lowest BCUT2D eigenvalue weighted by molar-refractivity contribution is -0.140. The van der Waals surface area contributed by atoms with Crippen LogP contribution < -0.4 is 0 Å². The van der Waals surface area contributed by atoms with E-state index < -0.39 is 10.0 Å². The second kappa shape index (κ2) is 8.31. The SMILES string of the molecule is CCC1CCCCN1C(=O)C1CCN(S(=O)(=O)c2ccc(C)cc2C)CC1. The fourth-order valence-corrected chi connectivity index (χ4v) is 6.20. The van der Waals surface area contributed by atoms with Crippen molar-refractivity contribution in [3.05, 3.63) is 29.3 Å². The molecule has 0 spiro atoms. The second-order valence-corrected chi connectivity index (χ2v) is 9.94. The van der Waals surface area contributed by atoms with Crippen LogP contribution >= 0.6 is 0 Å². The van der Waals surface area contributed by atoms with Crippen molar-refractivity contribution >= 4 is 15.9 Å². The number of nitrogens with zero attached hydrogens (tertiary/aromatic N) is 2. The molecule has 2 saturated heterocycles. The highest BCUT2D eigenvalue weighted by Crippen LogP contribution is 2.29. The number of likely N-dealkylation sites (tertiary alicyclic amines) is 1. The zero-order valence-electron chi connectivity index (χ0n) is 16.8. The molecule has 0 bridgehead atoms. The minimum Gasteiger partial charge on any atom is -0.339 e. The van der Waals surface area contributed by atoms with Gasteiger partial charge in [0.2, 0.25) is 15.9 Å². The number of carbonyl (C=O) groups is 1. The van der Waals surface area contributed by atoms with Gasteiger partial charge in [0.05, 0.1) is 4.90 Å². The minimum absolute atomic E-state index is 0.0392. The van der Waals surface area contributed by atoms with Crippen LogP contribution in [0.15, 0.2) is 23.1 Å². The molecule has 5 nitrogen and oxygen atoms in total. The van der Waals surface area contributed by atoms with Crippen LogP contribution in [-0.2, 0) is 14.8 Å². The van der Waals surface area contributed by atoms with Crippen LogP contribution in [-0.4, -0.2) is 49.2 Å². The summed E-state index contributed by atoms with van der Waals surface area (Å²) in [5, 5.41) is 0. The van der Waals surface area contributed by atoms with Gasteiger partial charge in [-0.15, -0.1) is 0 Å². The number of sulfonamides is 1. The van der Waals surface area contributed by atoms with E-state index in [1.54, 1.807) is 10.4 Å². The number of benzene rings is 1. The van der Waals surface area contributed by atoms with Crippen molar-refractivity contribution in [2.24, 2.45) is 5.92 Å². The van der Waals surface area contributed by atoms with Gasteiger partial charge in [0.1, 0.15) is 0 Å². The first-order valence-corrected chi connectivity index (χ1v) is 11.7. The number of carbonyl (C=O) groups excluding carboxylic acids is 1. The fourth-order valence-electron chi connectivity index (χ4n) is 4.52. The lowest BCUT2D eigenvalue weighted by atomic mass is 9.92. The van der Waals surface area contributed by atoms with Gasteiger partial charge in [-0.05, 0) is 64.0 Å². The summed E-state index contributed by atoms with van der Waals surface area (Å²) in [5.74, 6) is 0.202. The van der Waals surface area contributed by atoms with Gasteiger partial charge in [-0.2, -0.15) is 4.31 Å². The molecule has 0 aromatic heterocycles. The molecular weight excluding hydrogens is 360 g/mol. The van der Waals surface area contributed by atoms with Gasteiger partial charge < -0.3 is 4.90 Å². The maximum Gasteiger partial charge on any atom is 0.243 e. The van der Waals surface area contributed by atoms with E-state index in [4.69, 9.17) is 0 Å². The summed E-state index contributed by atoms with van der Waals surface area (Å²) in [6.07, 6.45) is 5.64. The number of hydrogen-bond donors (Lipinski definition) is 0. The van der Waals surface area contributed by atoms with Crippen molar-refractivity contribution in [2.75, 3.05) is 19.6 Å². The fraction of sp³-hybridized carbons (Fsp3) is 0.667. The molecule has 3 rings (SSSR count). The standard InChI is InChI=1S/C21H32N2O3S/c1-4-19-7-5-6-12-23(19)21(24)18-10-13-22(14-11-18)27(25,26)20-9-8-16(2)15-17(20)3/h8-9,15,18-19H,4-7,10-14H2,1-3H3. The topological polar surface area (TPSA) is 57.7 Å². The molecule has 1 aromatic rings. The molecular formula is C21H32N2O3S. The highest BCUT2D eigenvalue weighted by Gasteiger charge is 2.36. The summed E-state index contributed by atoms with van der Waals surface area (Å²) >= 11 is 0. The third kappa shape index (κ3) is 4.21. The number of piperidine rings is 2. The number of rotatable bonds is 4. The normalized spacial score (nSPS) is 22.8. The maximum atomic E-state index is 13.0. The minimum atomic E-state index is -3.49. The average Bonchev–Trinajstić information content (AvgIpc) is 2.67. The lowest BCUT2D eigenvalue weighted by Gasteiger charge is -2.39. The summed E-state index contributed by atoms with van der Waals surface area (Å²) in [4.78, 5) is 15.5. The molecule has 0 N–H and O–H groups in total. The van der Waals surface area contributed by atoms with Crippen LogP contribution in [0.3, 0.4) is 0 Å². The third-order valence-electron chi connectivity index (χ3n) is 6.13. The number of aryl methyl sites for hydroxylation is 2. The Labute approximate surface area is 163 Å². The first-order valence-electron chi connectivity index (χ1n) is 10.2. The van der Waals surface area contributed by atoms with Crippen LogP contribution in [0.2, 0.25) is 0 Å². The quantitative estimate of drug-likeness (QED) is 0.788. The molecule has 1 aromatic carbocycles. The van der Waals surface area contributed by atoms with E-state index in [0.29, 0.717) is 36.9 Å². The van der Waals surface area contributed by atoms with E-state index >= 15 is 0 Å². The Kier molecular flexibility index (Phi) is 6.26. The highest BCUT2D eigenvalue weighted by atomic mass is 32.2. The Bertz CT molecular complexity index is 783. The molecule has 0 saturated carbocycles. The molecule has 2 heterocycles. The van der Waals surface area contributed by atoms with Crippen LogP contribution in [0.25, 0.3) is 0 Å². The van der Waals surface area contributed by atoms with Crippen molar-refractivity contribution < 1.29 is 13.2 Å². The monoisotopic (exact) mass is 392 g/mol. The van der Waals surface area contributed by atoms with Gasteiger partial charge in [-0.25, -0.2) is 8.42 Å². The van der Waals surface area contributed by atoms with E-state index in [2.05, 4.69) is 11.8 Å². The van der Waals surface area contributed by atoms with E-state index in [1.165, 1.54) is 6.42 Å². The van der Waals surface area contributed by atoms with E-state index in [1.807, 2.05) is 26.0 Å². The molecule has 0 aliphatic carbocycles. The van der Waals surface area contributed by atoms with Crippen molar-refractivity contribution in [3.63, 3.8) is 0 Å². The Balaban J connectivity index is 1.66. The van der Waals surface area contributed by atoms with Crippen LogP contribution in [0.1, 0.15) is 56.6 Å². The van der Waals surface area contributed by atoms with Crippen molar-refractivity contribution in [1.82, 2.24) is 9.21 Å². The molecule has 0 radical (unpaired) electrons. The molecule has 2 aliphatic rings. The first kappa shape index (κ1) is 20.3. The Morgan fingerprint density at radius 1 is 1.07 bits per heavy atom. The smallest absolute Gasteiger partial charge is 0.243 e. The Hall–Kier alpha value is -1.40. The van der Waals surface area contributed by atoms with Crippen LogP contribution in [0, 0.1) is 19.8 Å². The maximum absolute atomic E-state index is 13.0. The van der Waals surface area contributed by atoms with Crippen molar-refractivity contribution in [1.29, 1.82) is 0 Å². The lowest BCUT2D eigenvalue weighted by Crippen LogP contribution is -2.49. The predicted molar refractivity (Wildman–Crippen MR) is 107 cm³/mol. The Morgan fingerprint density at radius 3 is 2.41 bits per heavy atom. The molecule has 27 heavy (non-hydrogen) atoms. The van der Waals surface area contributed by atoms with Gasteiger partial charge in [0.15, 0.2) is 0 Å². The molecule has 1 atom stereocenters. The van der Waals surface area contributed by atoms with Gasteiger partial charge in [0, 0.05) is 31.6 Å². The van der Waals surface area contributed by atoms with Gasteiger partial charge in [-0.1, -0.05) is 24.6 Å². The molecule has 1 unspecified atom stereocenters. The predicted octanol–water partition coefficient (Wildman–Crippen LogP) is 3.50. The summed E-state index contributed by atoms with van der Waals surface area (Å²) in [6, 6.07) is 5.82. The average molecular weight is 393 g/mol. The van der Waals surface area contributed by atoms with Crippen LogP contribution in [0.5, 0.6) is 0 Å². The third-order valence-corrected chi connectivity index (χ3v) is 8.19. The first-order chi connectivity index (χ1) is 12.8. The number of hydrogen-bond acceptors (Lipinski definition) is 3. The van der Waals surface area contributed by atoms with E-state index in [9.17, 15) is 13.2 Å². The molecule has 2 fully saturated rings. The molecule has 1 amide bonds. The zero-order valence-corrected chi connectivity index (χ0v) is 17.6. The molecule has 6 heteroatoms. The van der Waals surface area contributed by atoms with Crippen LogP contribution in [0.4, 0.5) is 0 Å². The highest BCUT2D eigenvalue weighted by molar-refractivity contribution is 7.89. The molecule has 150 valence electrons. The number of amides is 1. The second-order valence-electron chi connectivity index (χ2n) is 8.04. The van der Waals surface area contributed by atoms with Gasteiger partial charge >= 0.3 is 0 Å². The zero-order chi connectivity index (χ0) is 19.6. The van der Waals surface area contributed by atoms with Crippen molar-refractivity contribution in [2.45, 2.75) is 70.2 Å².